The smallest absolute Gasteiger partial charge is 0.337 e. The van der Waals surface area contributed by atoms with Crippen molar-refractivity contribution in [1.82, 2.24) is 14.5 Å². The lowest BCUT2D eigenvalue weighted by atomic mass is 10.1. The van der Waals surface area contributed by atoms with Gasteiger partial charge in [-0.1, -0.05) is 37.6 Å². The second kappa shape index (κ2) is 10.1. The summed E-state index contributed by atoms with van der Waals surface area (Å²) in [7, 11) is 3.77. The number of quaternary nitrogens is 1. The molecule has 3 heterocycles. The van der Waals surface area contributed by atoms with Gasteiger partial charge < -0.3 is 19.5 Å². The predicted molar refractivity (Wildman–Crippen MR) is 148 cm³/mol. The highest BCUT2D eigenvalue weighted by molar-refractivity contribution is 6.08. The van der Waals surface area contributed by atoms with Crippen molar-refractivity contribution in [1.29, 1.82) is 0 Å². The number of benzene rings is 2. The maximum atomic E-state index is 12.1. The van der Waals surface area contributed by atoms with Gasteiger partial charge in [-0.3, -0.25) is 0 Å². The van der Waals surface area contributed by atoms with E-state index in [1.54, 1.807) is 12.1 Å². The van der Waals surface area contributed by atoms with Crippen LogP contribution in [0.5, 0.6) is 0 Å². The van der Waals surface area contributed by atoms with E-state index >= 15 is 0 Å². The fraction of sp³-hybridized carbons (Fsp3) is 0.433. The molecular weight excluding hydrogens is 462 g/mol. The van der Waals surface area contributed by atoms with Crippen molar-refractivity contribution in [3.63, 3.8) is 0 Å². The van der Waals surface area contributed by atoms with Crippen LogP contribution in [-0.4, -0.2) is 51.7 Å². The van der Waals surface area contributed by atoms with Gasteiger partial charge in [0.1, 0.15) is 17.9 Å². The molecule has 2 aromatic carbocycles. The first kappa shape index (κ1) is 25.2. The van der Waals surface area contributed by atoms with Crippen molar-refractivity contribution >= 4 is 33.7 Å². The predicted octanol–water partition coefficient (Wildman–Crippen LogP) is 5.47. The Bertz CT molecular complexity index is 1440. The van der Waals surface area contributed by atoms with Gasteiger partial charge in [-0.2, -0.15) is 0 Å². The van der Waals surface area contributed by atoms with Crippen LogP contribution >= 0.6 is 0 Å². The molecule has 194 valence electrons. The number of methoxy groups -OCH3 is 1. The number of hydrogen-bond donors (Lipinski definition) is 1. The summed E-state index contributed by atoms with van der Waals surface area (Å²) in [6.07, 6.45) is 5.64. The maximum absolute atomic E-state index is 12.1. The lowest BCUT2D eigenvalue weighted by Crippen LogP contribution is -2.45. The molecule has 0 radical (unpaired) electrons. The molecule has 1 aliphatic heterocycles. The van der Waals surface area contributed by atoms with E-state index in [1.807, 2.05) is 6.07 Å². The Kier molecular flexibility index (Phi) is 6.90. The van der Waals surface area contributed by atoms with E-state index in [0.29, 0.717) is 29.5 Å². The quantitative estimate of drug-likeness (QED) is 0.256. The zero-order valence-corrected chi connectivity index (χ0v) is 22.5. The minimum Gasteiger partial charge on any atom is -0.465 e. The number of carbonyl (C=O) groups is 1. The Labute approximate surface area is 218 Å². The zero-order valence-electron chi connectivity index (χ0n) is 22.5. The van der Waals surface area contributed by atoms with Gasteiger partial charge in [0, 0.05) is 36.8 Å². The number of unbranched alkanes of at least 4 members (excludes halogenated alkanes) is 1. The number of fused-ring (bicyclic) bond motifs is 3. The minimum atomic E-state index is -0.390. The average molecular weight is 501 g/mol. The molecule has 1 saturated heterocycles. The number of aromatic nitrogens is 3. The maximum Gasteiger partial charge on any atom is 0.337 e. The Morgan fingerprint density at radius 3 is 2.59 bits per heavy atom. The summed E-state index contributed by atoms with van der Waals surface area (Å²) < 4.78 is 8.31. The summed E-state index contributed by atoms with van der Waals surface area (Å²) in [6.45, 7) is 7.60. The van der Waals surface area contributed by atoms with Crippen molar-refractivity contribution in [2.75, 3.05) is 26.4 Å². The molecule has 0 bridgehead atoms. The molecule has 37 heavy (non-hydrogen) atoms. The Morgan fingerprint density at radius 1 is 1.16 bits per heavy atom. The molecule has 2 atom stereocenters. The average Bonchev–Trinajstić information content (AvgIpc) is 3.42. The van der Waals surface area contributed by atoms with Gasteiger partial charge in [-0.25, -0.2) is 14.8 Å². The number of ether oxygens (including phenoxy) is 1. The Balaban J connectivity index is 1.54. The largest absolute Gasteiger partial charge is 0.465 e. The van der Waals surface area contributed by atoms with Gasteiger partial charge in [0.25, 0.3) is 0 Å². The number of likely N-dealkylation sites (tertiary alicyclic amines) is 1. The van der Waals surface area contributed by atoms with E-state index in [1.165, 1.54) is 37.6 Å². The number of nitrogens with two attached hydrogens (primary N) is 1. The molecule has 4 aromatic rings. The van der Waals surface area contributed by atoms with Crippen molar-refractivity contribution < 1.29 is 14.0 Å². The van der Waals surface area contributed by atoms with Crippen LogP contribution < -0.4 is 5.73 Å². The highest BCUT2D eigenvalue weighted by atomic mass is 16.5. The number of rotatable bonds is 8. The van der Waals surface area contributed by atoms with Crippen LogP contribution in [0.15, 0.2) is 42.5 Å². The van der Waals surface area contributed by atoms with Crippen LogP contribution in [0, 0.1) is 0 Å². The summed E-state index contributed by atoms with van der Waals surface area (Å²) >= 11 is 0. The third-order valence-electron chi connectivity index (χ3n) is 8.22. The first-order chi connectivity index (χ1) is 17.8. The Morgan fingerprint density at radius 2 is 1.92 bits per heavy atom. The summed E-state index contributed by atoms with van der Waals surface area (Å²) in [5, 5.41) is 0.934. The van der Waals surface area contributed by atoms with E-state index in [2.05, 4.69) is 54.7 Å². The third kappa shape index (κ3) is 4.80. The molecule has 2 unspecified atom stereocenters. The van der Waals surface area contributed by atoms with Crippen LogP contribution in [0.25, 0.3) is 21.9 Å². The van der Waals surface area contributed by atoms with Gasteiger partial charge >= 0.3 is 5.97 Å². The Hall–Kier alpha value is -3.45. The molecule has 5 rings (SSSR count). The number of hydrogen-bond acceptors (Lipinski definition) is 5. The van der Waals surface area contributed by atoms with E-state index in [0.717, 1.165) is 52.5 Å². The summed E-state index contributed by atoms with van der Waals surface area (Å²) in [6, 6.07) is 15.2. The molecule has 0 saturated carbocycles. The van der Waals surface area contributed by atoms with Crippen molar-refractivity contribution in [2.24, 2.45) is 0 Å². The van der Waals surface area contributed by atoms with Crippen molar-refractivity contribution in [3.8, 4) is 0 Å². The summed E-state index contributed by atoms with van der Waals surface area (Å²) in [5.41, 5.74) is 11.8. The molecule has 7 nitrogen and oxygen atoms in total. The standard InChI is InChI=1S/C30H38N5O2/c1-5-6-9-26-33-27-28(24-15-14-23(30(36)37-4)17-25(24)32-29(27)31)34(26)18-21-10-12-22(13-11-21)19-35(3)16-7-8-20(35)2/h10-15,17,20H,5-9,16,18-19H2,1-4H3,(H2,31,32)/q+1. The minimum absolute atomic E-state index is 0.382. The van der Waals surface area contributed by atoms with Crippen molar-refractivity contribution in [3.05, 3.63) is 65.0 Å². The normalized spacial score (nSPS) is 19.6. The van der Waals surface area contributed by atoms with E-state index in [4.69, 9.17) is 15.5 Å². The van der Waals surface area contributed by atoms with Crippen LogP contribution in [-0.2, 0) is 24.2 Å². The number of aryl methyl sites for hydroxylation is 1. The molecular formula is C30H38N5O2+. The molecule has 2 N–H and O–H groups in total. The van der Waals surface area contributed by atoms with Crippen molar-refractivity contribution in [2.45, 2.75) is 65.1 Å². The van der Waals surface area contributed by atoms with E-state index in [9.17, 15) is 4.79 Å². The second-order valence-corrected chi connectivity index (χ2v) is 10.8. The molecule has 0 amide bonds. The third-order valence-corrected chi connectivity index (χ3v) is 8.22. The van der Waals surface area contributed by atoms with E-state index in [-0.39, 0.29) is 5.97 Å². The first-order valence-electron chi connectivity index (χ1n) is 13.4. The van der Waals surface area contributed by atoms with Crippen LogP contribution in [0.4, 0.5) is 5.82 Å². The highest BCUT2D eigenvalue weighted by Crippen LogP contribution is 2.31. The summed E-state index contributed by atoms with van der Waals surface area (Å²) in [5.74, 6) is 1.01. The molecule has 2 aromatic heterocycles. The summed E-state index contributed by atoms with van der Waals surface area (Å²) in [4.78, 5) is 21.7. The number of esters is 1. The van der Waals surface area contributed by atoms with Gasteiger partial charge in [-0.05, 0) is 37.1 Å². The van der Waals surface area contributed by atoms with Gasteiger partial charge in [-0.15, -0.1) is 0 Å². The number of nitrogen functional groups attached to an aromatic ring is 1. The molecule has 0 aliphatic carbocycles. The lowest BCUT2D eigenvalue weighted by Gasteiger charge is -2.34. The molecule has 1 fully saturated rings. The van der Waals surface area contributed by atoms with Gasteiger partial charge in [0.2, 0.25) is 0 Å². The monoisotopic (exact) mass is 500 g/mol. The van der Waals surface area contributed by atoms with Crippen LogP contribution in [0.3, 0.4) is 0 Å². The highest BCUT2D eigenvalue weighted by Gasteiger charge is 2.34. The van der Waals surface area contributed by atoms with Crippen LogP contribution in [0.2, 0.25) is 0 Å². The molecule has 1 aliphatic rings. The molecule has 0 spiro atoms. The lowest BCUT2D eigenvalue weighted by molar-refractivity contribution is -0.932. The van der Waals surface area contributed by atoms with E-state index < -0.39 is 0 Å². The zero-order chi connectivity index (χ0) is 26.2. The first-order valence-corrected chi connectivity index (χ1v) is 13.4. The number of carbonyl (C=O) groups excluding carboxylic acids is 1. The number of anilines is 1. The second-order valence-electron chi connectivity index (χ2n) is 10.8. The fourth-order valence-electron chi connectivity index (χ4n) is 5.76. The van der Waals surface area contributed by atoms with Gasteiger partial charge in [0.05, 0.1) is 43.3 Å². The molecule has 7 heteroatoms. The number of nitrogens with zero attached hydrogens (tertiary/aromatic N) is 4. The number of imidazole rings is 1. The van der Waals surface area contributed by atoms with Gasteiger partial charge in [0.15, 0.2) is 5.82 Å². The number of pyridine rings is 1. The van der Waals surface area contributed by atoms with Crippen LogP contribution in [0.1, 0.15) is 66.8 Å². The fourth-order valence-corrected chi connectivity index (χ4v) is 5.76. The topological polar surface area (TPSA) is 83.0 Å². The SMILES string of the molecule is CCCCc1nc2c(N)nc3cc(C(=O)OC)ccc3c2n1Cc1ccc(C[N+]2(C)CCCC2C)cc1.